The Kier molecular flexibility index (Phi) is 7.04. The molecule has 180 valence electrons. The van der Waals surface area contributed by atoms with Crippen molar-refractivity contribution in [3.63, 3.8) is 0 Å². The lowest BCUT2D eigenvalue weighted by molar-refractivity contribution is 0.0827. The molecule has 0 spiro atoms. The molecule has 1 aliphatic heterocycles. The molecular formula is C24H24ClF2N3O4. The first-order chi connectivity index (χ1) is 16.3. The zero-order valence-corrected chi connectivity index (χ0v) is 19.5. The molecule has 1 aliphatic rings. The van der Waals surface area contributed by atoms with Gasteiger partial charge in [-0.3, -0.25) is 9.59 Å². The summed E-state index contributed by atoms with van der Waals surface area (Å²) in [5, 5.41) is 2.79. The van der Waals surface area contributed by atoms with E-state index in [1.807, 2.05) is 4.90 Å². The fraction of sp³-hybridized carbons (Fsp3) is 0.333. The SMILES string of the molecule is CN(C)C(=O)c1cc(CCNc2c(F)ccc(Cl)c2F)c2oc(N3CCOCC3)cc(=O)c2c1. The highest BCUT2D eigenvalue weighted by atomic mass is 35.5. The molecule has 0 radical (unpaired) electrons. The Hall–Kier alpha value is -3.17. The first-order valence-corrected chi connectivity index (χ1v) is 11.2. The lowest BCUT2D eigenvalue weighted by Gasteiger charge is -2.27. The summed E-state index contributed by atoms with van der Waals surface area (Å²) in [7, 11) is 3.23. The van der Waals surface area contributed by atoms with Crippen molar-refractivity contribution in [2.75, 3.05) is 57.2 Å². The molecule has 0 unspecified atom stereocenters. The van der Waals surface area contributed by atoms with Crippen LogP contribution in [-0.4, -0.2) is 57.8 Å². The minimum absolute atomic E-state index is 0.106. The molecule has 1 N–H and O–H groups in total. The molecule has 7 nitrogen and oxygen atoms in total. The zero-order valence-electron chi connectivity index (χ0n) is 18.8. The van der Waals surface area contributed by atoms with Crippen molar-refractivity contribution < 1.29 is 22.7 Å². The molecule has 3 aromatic rings. The molecule has 4 rings (SSSR count). The third-order valence-corrected chi connectivity index (χ3v) is 5.90. The number of anilines is 2. The fourth-order valence-electron chi connectivity index (χ4n) is 3.83. The maximum absolute atomic E-state index is 14.3. The van der Waals surface area contributed by atoms with E-state index in [0.29, 0.717) is 48.9 Å². The summed E-state index contributed by atoms with van der Waals surface area (Å²) >= 11 is 5.77. The minimum atomic E-state index is -0.885. The molecule has 1 fully saturated rings. The Morgan fingerprint density at radius 1 is 1.18 bits per heavy atom. The number of fused-ring (bicyclic) bond motifs is 1. The van der Waals surface area contributed by atoms with Crippen LogP contribution in [0, 0.1) is 11.6 Å². The van der Waals surface area contributed by atoms with Crippen LogP contribution in [0.15, 0.2) is 39.5 Å². The van der Waals surface area contributed by atoms with E-state index in [4.69, 9.17) is 20.8 Å². The number of carbonyl (C=O) groups is 1. The number of ether oxygens (including phenoxy) is 1. The van der Waals surface area contributed by atoms with Crippen LogP contribution < -0.4 is 15.6 Å². The van der Waals surface area contributed by atoms with E-state index < -0.39 is 11.6 Å². The lowest BCUT2D eigenvalue weighted by atomic mass is 10.0. The van der Waals surface area contributed by atoms with Crippen molar-refractivity contribution in [3.05, 3.63) is 68.3 Å². The molecule has 1 aromatic heterocycles. The summed E-state index contributed by atoms with van der Waals surface area (Å²) in [5.41, 5.74) is 0.590. The maximum Gasteiger partial charge on any atom is 0.253 e. The molecule has 0 bridgehead atoms. The van der Waals surface area contributed by atoms with Crippen LogP contribution in [0.4, 0.5) is 20.4 Å². The maximum atomic E-state index is 14.3. The van der Waals surface area contributed by atoms with Crippen molar-refractivity contribution in [2.24, 2.45) is 0 Å². The van der Waals surface area contributed by atoms with E-state index in [1.54, 1.807) is 20.2 Å². The van der Waals surface area contributed by atoms with Gasteiger partial charge in [-0.1, -0.05) is 11.6 Å². The largest absolute Gasteiger partial charge is 0.440 e. The Balaban J connectivity index is 1.72. The normalized spacial score (nSPS) is 13.9. The number of carbonyl (C=O) groups excluding carboxylic acids is 1. The molecule has 2 heterocycles. The second-order valence-corrected chi connectivity index (χ2v) is 8.56. The minimum Gasteiger partial charge on any atom is -0.440 e. The van der Waals surface area contributed by atoms with Crippen LogP contribution in [0.3, 0.4) is 0 Å². The Labute approximate surface area is 199 Å². The van der Waals surface area contributed by atoms with Crippen LogP contribution in [0.2, 0.25) is 5.02 Å². The van der Waals surface area contributed by atoms with Crippen molar-refractivity contribution in [2.45, 2.75) is 6.42 Å². The van der Waals surface area contributed by atoms with Crippen molar-refractivity contribution >= 4 is 40.0 Å². The van der Waals surface area contributed by atoms with E-state index in [1.165, 1.54) is 17.0 Å². The van der Waals surface area contributed by atoms with Crippen LogP contribution in [0.5, 0.6) is 0 Å². The van der Waals surface area contributed by atoms with Gasteiger partial charge in [0.25, 0.3) is 5.91 Å². The highest BCUT2D eigenvalue weighted by molar-refractivity contribution is 6.31. The number of amides is 1. The monoisotopic (exact) mass is 491 g/mol. The molecule has 0 aliphatic carbocycles. The number of hydrogen-bond donors (Lipinski definition) is 1. The van der Waals surface area contributed by atoms with Crippen LogP contribution >= 0.6 is 11.6 Å². The van der Waals surface area contributed by atoms with Gasteiger partial charge in [0.1, 0.15) is 17.1 Å². The van der Waals surface area contributed by atoms with E-state index in [-0.39, 0.29) is 40.4 Å². The average molecular weight is 492 g/mol. The smallest absolute Gasteiger partial charge is 0.253 e. The highest BCUT2D eigenvalue weighted by Crippen LogP contribution is 2.28. The number of halogens is 3. The summed E-state index contributed by atoms with van der Waals surface area (Å²) < 4.78 is 39.8. The van der Waals surface area contributed by atoms with Gasteiger partial charge in [0, 0.05) is 45.4 Å². The number of nitrogens with one attached hydrogen (secondary N) is 1. The molecule has 2 aromatic carbocycles. The fourth-order valence-corrected chi connectivity index (χ4v) is 3.99. The summed E-state index contributed by atoms with van der Waals surface area (Å²) in [6, 6.07) is 6.79. The van der Waals surface area contributed by atoms with Gasteiger partial charge < -0.3 is 24.3 Å². The number of morpholine rings is 1. The number of benzene rings is 2. The third-order valence-electron chi connectivity index (χ3n) is 5.61. The van der Waals surface area contributed by atoms with E-state index >= 15 is 0 Å². The van der Waals surface area contributed by atoms with Gasteiger partial charge in [0.2, 0.25) is 0 Å². The number of nitrogens with zero attached hydrogens (tertiary/aromatic N) is 2. The van der Waals surface area contributed by atoms with Crippen molar-refractivity contribution in [1.82, 2.24) is 4.90 Å². The van der Waals surface area contributed by atoms with E-state index in [0.717, 1.165) is 12.1 Å². The van der Waals surface area contributed by atoms with Gasteiger partial charge in [-0.15, -0.1) is 0 Å². The van der Waals surface area contributed by atoms with Crippen molar-refractivity contribution in [1.29, 1.82) is 0 Å². The average Bonchev–Trinajstić information content (AvgIpc) is 2.83. The van der Waals surface area contributed by atoms with E-state index in [2.05, 4.69) is 5.32 Å². The first kappa shape index (κ1) is 24.0. The topological polar surface area (TPSA) is 75.0 Å². The summed E-state index contributed by atoms with van der Waals surface area (Å²) in [6.45, 7) is 2.30. The zero-order chi connectivity index (χ0) is 24.4. The lowest BCUT2D eigenvalue weighted by Crippen LogP contribution is -2.36. The van der Waals surface area contributed by atoms with Gasteiger partial charge in [0.05, 0.1) is 23.6 Å². The molecule has 34 heavy (non-hydrogen) atoms. The van der Waals surface area contributed by atoms with Gasteiger partial charge in [0.15, 0.2) is 17.1 Å². The number of rotatable bonds is 6. The standard InChI is InChI=1S/C24H24ClF2N3O4/c1-29(2)24(32)15-11-14(5-6-28-22-18(26)4-3-17(25)21(22)27)23-16(12-15)19(31)13-20(34-23)30-7-9-33-10-8-30/h3-4,11-13,28H,5-10H2,1-2H3. The quantitative estimate of drug-likeness (QED) is 0.527. The van der Waals surface area contributed by atoms with Crippen molar-refractivity contribution in [3.8, 4) is 0 Å². The first-order valence-electron chi connectivity index (χ1n) is 10.8. The van der Waals surface area contributed by atoms with Gasteiger partial charge in [-0.2, -0.15) is 0 Å². The summed E-state index contributed by atoms with van der Waals surface area (Å²) in [6.07, 6.45) is 0.228. The van der Waals surface area contributed by atoms with Gasteiger partial charge >= 0.3 is 0 Å². The third kappa shape index (κ3) is 4.85. The van der Waals surface area contributed by atoms with Crippen LogP contribution in [0.1, 0.15) is 15.9 Å². The van der Waals surface area contributed by atoms with Gasteiger partial charge in [-0.05, 0) is 36.2 Å². The van der Waals surface area contributed by atoms with Gasteiger partial charge in [-0.25, -0.2) is 8.78 Å². The number of hydrogen-bond acceptors (Lipinski definition) is 6. The van der Waals surface area contributed by atoms with Crippen LogP contribution in [-0.2, 0) is 11.2 Å². The molecular weight excluding hydrogens is 468 g/mol. The predicted molar refractivity (Wildman–Crippen MR) is 127 cm³/mol. The van der Waals surface area contributed by atoms with E-state index in [9.17, 15) is 18.4 Å². The van der Waals surface area contributed by atoms with Crippen LogP contribution in [0.25, 0.3) is 11.0 Å². The molecule has 10 heteroatoms. The molecule has 1 amide bonds. The second kappa shape index (κ2) is 9.99. The Bertz CT molecular complexity index is 1290. The molecule has 0 saturated carbocycles. The Morgan fingerprint density at radius 3 is 2.62 bits per heavy atom. The Morgan fingerprint density at radius 2 is 1.91 bits per heavy atom. The summed E-state index contributed by atoms with van der Waals surface area (Å²) in [4.78, 5) is 28.9. The second-order valence-electron chi connectivity index (χ2n) is 8.15. The molecule has 0 atom stereocenters. The predicted octanol–water partition coefficient (Wildman–Crippen LogP) is 3.92. The highest BCUT2D eigenvalue weighted by Gasteiger charge is 2.20. The summed E-state index contributed by atoms with van der Waals surface area (Å²) in [5.74, 6) is -1.53. The molecule has 1 saturated heterocycles.